The first-order valence-electron chi connectivity index (χ1n) is 4.86. The normalized spacial score (nSPS) is 13.5. The summed E-state index contributed by atoms with van der Waals surface area (Å²) in [5.41, 5.74) is -1.35. The van der Waals surface area contributed by atoms with Crippen LogP contribution in [0.1, 0.15) is 30.4 Å². The Morgan fingerprint density at radius 2 is 2.00 bits per heavy atom. The smallest absolute Gasteiger partial charge is 0.419 e. The molecule has 0 fully saturated rings. The standard InChI is InChI=1S/C11H10F4O2/c1-2-7(10(16)17)6-3-4-8(9(12)5-6)11(13,14)15/h3-5,7H,2H2,1H3,(H,16,17). The molecule has 2 nitrogen and oxygen atoms in total. The molecule has 0 saturated carbocycles. The van der Waals surface area contributed by atoms with Gasteiger partial charge in [0, 0.05) is 0 Å². The second-order valence-corrected chi connectivity index (χ2v) is 3.54. The summed E-state index contributed by atoms with van der Waals surface area (Å²) in [6, 6.07) is 2.19. The molecule has 1 rings (SSSR count). The molecule has 1 N–H and O–H groups in total. The Hall–Kier alpha value is -1.59. The van der Waals surface area contributed by atoms with Gasteiger partial charge in [-0.05, 0) is 24.1 Å². The highest BCUT2D eigenvalue weighted by Crippen LogP contribution is 2.33. The molecule has 0 aromatic heterocycles. The van der Waals surface area contributed by atoms with Gasteiger partial charge in [0.05, 0.1) is 11.5 Å². The van der Waals surface area contributed by atoms with Crippen molar-refractivity contribution in [3.05, 3.63) is 35.1 Å². The Balaban J connectivity index is 3.16. The predicted molar refractivity (Wildman–Crippen MR) is 52.1 cm³/mol. The second kappa shape index (κ2) is 4.73. The third kappa shape index (κ3) is 2.95. The van der Waals surface area contributed by atoms with Gasteiger partial charge in [0.1, 0.15) is 5.82 Å². The van der Waals surface area contributed by atoms with E-state index in [9.17, 15) is 22.4 Å². The summed E-state index contributed by atoms with van der Waals surface area (Å²) in [6.45, 7) is 1.56. The van der Waals surface area contributed by atoms with Crippen molar-refractivity contribution in [3.63, 3.8) is 0 Å². The molecule has 0 aliphatic rings. The van der Waals surface area contributed by atoms with Crippen molar-refractivity contribution in [2.75, 3.05) is 0 Å². The molecule has 0 amide bonds. The van der Waals surface area contributed by atoms with Crippen LogP contribution in [0, 0.1) is 5.82 Å². The van der Waals surface area contributed by atoms with Crippen LogP contribution in [0.3, 0.4) is 0 Å². The van der Waals surface area contributed by atoms with E-state index >= 15 is 0 Å². The van der Waals surface area contributed by atoms with E-state index in [-0.39, 0.29) is 12.0 Å². The van der Waals surface area contributed by atoms with Gasteiger partial charge in [-0.3, -0.25) is 4.79 Å². The summed E-state index contributed by atoms with van der Waals surface area (Å²) in [5.74, 6) is -3.63. The molecule has 1 aromatic rings. The van der Waals surface area contributed by atoms with E-state index in [2.05, 4.69) is 0 Å². The van der Waals surface area contributed by atoms with E-state index in [4.69, 9.17) is 5.11 Å². The van der Waals surface area contributed by atoms with Crippen LogP contribution in [0.15, 0.2) is 18.2 Å². The molecular formula is C11H10F4O2. The largest absolute Gasteiger partial charge is 0.481 e. The van der Waals surface area contributed by atoms with Gasteiger partial charge < -0.3 is 5.11 Å². The van der Waals surface area contributed by atoms with Gasteiger partial charge in [0.15, 0.2) is 0 Å². The summed E-state index contributed by atoms with van der Waals surface area (Å²) in [4.78, 5) is 10.8. The molecule has 0 heterocycles. The Bertz CT molecular complexity index is 426. The molecule has 1 atom stereocenters. The maximum atomic E-state index is 13.2. The average Bonchev–Trinajstić information content (AvgIpc) is 2.15. The number of hydrogen-bond donors (Lipinski definition) is 1. The average molecular weight is 250 g/mol. The zero-order chi connectivity index (χ0) is 13.2. The van der Waals surface area contributed by atoms with Crippen LogP contribution in [0.4, 0.5) is 17.6 Å². The fourth-order valence-corrected chi connectivity index (χ4v) is 1.53. The van der Waals surface area contributed by atoms with E-state index in [1.807, 2.05) is 0 Å². The lowest BCUT2D eigenvalue weighted by atomic mass is 9.95. The monoisotopic (exact) mass is 250 g/mol. The highest BCUT2D eigenvalue weighted by Gasteiger charge is 2.34. The number of carboxylic acid groups (broad SMARTS) is 1. The Labute approximate surface area is 94.9 Å². The van der Waals surface area contributed by atoms with Crippen molar-refractivity contribution in [2.24, 2.45) is 0 Å². The van der Waals surface area contributed by atoms with Gasteiger partial charge in [-0.2, -0.15) is 13.2 Å². The molecule has 6 heteroatoms. The summed E-state index contributed by atoms with van der Waals surface area (Å²) in [5, 5.41) is 8.80. The van der Waals surface area contributed by atoms with E-state index in [0.29, 0.717) is 12.1 Å². The van der Waals surface area contributed by atoms with Gasteiger partial charge in [-0.25, -0.2) is 4.39 Å². The fourth-order valence-electron chi connectivity index (χ4n) is 1.53. The number of halogens is 4. The summed E-state index contributed by atoms with van der Waals surface area (Å²) >= 11 is 0. The molecule has 1 aromatic carbocycles. The predicted octanol–water partition coefficient (Wildman–Crippen LogP) is 3.42. The zero-order valence-corrected chi connectivity index (χ0v) is 8.88. The molecule has 17 heavy (non-hydrogen) atoms. The number of alkyl halides is 3. The van der Waals surface area contributed by atoms with Gasteiger partial charge in [-0.1, -0.05) is 13.0 Å². The van der Waals surface area contributed by atoms with Crippen molar-refractivity contribution < 1.29 is 27.5 Å². The van der Waals surface area contributed by atoms with Crippen LogP contribution >= 0.6 is 0 Å². The zero-order valence-electron chi connectivity index (χ0n) is 8.88. The number of rotatable bonds is 3. The van der Waals surface area contributed by atoms with E-state index < -0.39 is 29.4 Å². The number of aliphatic carboxylic acids is 1. The van der Waals surface area contributed by atoms with Gasteiger partial charge in [0.25, 0.3) is 0 Å². The molecule has 0 saturated heterocycles. The molecule has 0 radical (unpaired) electrons. The molecule has 0 aliphatic heterocycles. The maximum absolute atomic E-state index is 13.2. The van der Waals surface area contributed by atoms with Crippen molar-refractivity contribution in [2.45, 2.75) is 25.4 Å². The quantitative estimate of drug-likeness (QED) is 0.834. The Kier molecular flexibility index (Phi) is 3.75. The first-order valence-corrected chi connectivity index (χ1v) is 4.86. The second-order valence-electron chi connectivity index (χ2n) is 3.54. The Morgan fingerprint density at radius 1 is 1.41 bits per heavy atom. The SMILES string of the molecule is CCC(C(=O)O)c1ccc(C(F)(F)F)c(F)c1. The number of hydrogen-bond acceptors (Lipinski definition) is 1. The molecular weight excluding hydrogens is 240 g/mol. The minimum atomic E-state index is -4.77. The summed E-state index contributed by atoms with van der Waals surface area (Å²) < 4.78 is 50.0. The first-order chi connectivity index (χ1) is 7.77. The fraction of sp³-hybridized carbons (Fsp3) is 0.364. The number of carbonyl (C=O) groups is 1. The van der Waals surface area contributed by atoms with Gasteiger partial charge in [0.2, 0.25) is 0 Å². The van der Waals surface area contributed by atoms with Crippen LogP contribution in [0.5, 0.6) is 0 Å². The van der Waals surface area contributed by atoms with Crippen LogP contribution in [-0.4, -0.2) is 11.1 Å². The van der Waals surface area contributed by atoms with E-state index in [1.54, 1.807) is 6.92 Å². The highest BCUT2D eigenvalue weighted by atomic mass is 19.4. The van der Waals surface area contributed by atoms with Crippen LogP contribution in [0.25, 0.3) is 0 Å². The number of carboxylic acids is 1. The minimum Gasteiger partial charge on any atom is -0.481 e. The lowest BCUT2D eigenvalue weighted by Gasteiger charge is -2.13. The maximum Gasteiger partial charge on any atom is 0.419 e. The third-order valence-corrected chi connectivity index (χ3v) is 2.41. The van der Waals surface area contributed by atoms with Crippen LogP contribution in [-0.2, 0) is 11.0 Å². The van der Waals surface area contributed by atoms with Gasteiger partial charge >= 0.3 is 12.1 Å². The molecule has 94 valence electrons. The lowest BCUT2D eigenvalue weighted by Crippen LogP contribution is -2.13. The van der Waals surface area contributed by atoms with Crippen molar-refractivity contribution in [1.29, 1.82) is 0 Å². The van der Waals surface area contributed by atoms with Crippen LogP contribution in [0.2, 0.25) is 0 Å². The topological polar surface area (TPSA) is 37.3 Å². The van der Waals surface area contributed by atoms with Crippen molar-refractivity contribution in [3.8, 4) is 0 Å². The molecule has 0 spiro atoms. The first kappa shape index (κ1) is 13.5. The molecule has 0 aliphatic carbocycles. The highest BCUT2D eigenvalue weighted by molar-refractivity contribution is 5.76. The van der Waals surface area contributed by atoms with E-state index in [1.165, 1.54) is 0 Å². The third-order valence-electron chi connectivity index (χ3n) is 2.41. The Morgan fingerprint density at radius 3 is 2.35 bits per heavy atom. The summed E-state index contributed by atoms with van der Waals surface area (Å²) in [6.07, 6.45) is -4.59. The minimum absolute atomic E-state index is 0.0329. The van der Waals surface area contributed by atoms with Crippen molar-refractivity contribution in [1.82, 2.24) is 0 Å². The summed E-state index contributed by atoms with van der Waals surface area (Å²) in [7, 11) is 0. The lowest BCUT2D eigenvalue weighted by molar-refractivity contribution is -0.140. The number of benzene rings is 1. The van der Waals surface area contributed by atoms with Crippen LogP contribution < -0.4 is 0 Å². The van der Waals surface area contributed by atoms with Crippen molar-refractivity contribution >= 4 is 5.97 Å². The van der Waals surface area contributed by atoms with E-state index in [0.717, 1.165) is 6.07 Å². The molecule has 0 bridgehead atoms. The molecule has 1 unspecified atom stereocenters. The van der Waals surface area contributed by atoms with Gasteiger partial charge in [-0.15, -0.1) is 0 Å².